The lowest BCUT2D eigenvalue weighted by Crippen LogP contribution is -2.12. The molecule has 1 aliphatic rings. The van der Waals surface area contributed by atoms with Crippen molar-refractivity contribution in [3.63, 3.8) is 0 Å². The highest BCUT2D eigenvalue weighted by Crippen LogP contribution is 2.25. The summed E-state index contributed by atoms with van der Waals surface area (Å²) in [6.07, 6.45) is 4.79. The molecule has 1 aromatic heterocycles. The van der Waals surface area contributed by atoms with E-state index in [9.17, 15) is 4.79 Å². The Labute approximate surface area is 98.8 Å². The molecule has 0 atom stereocenters. The van der Waals surface area contributed by atoms with E-state index in [1.54, 1.807) is 6.92 Å². The number of fused-ring (bicyclic) bond motifs is 1. The third-order valence-electron chi connectivity index (χ3n) is 2.56. The lowest BCUT2D eigenvalue weighted by Gasteiger charge is -2.07. The van der Waals surface area contributed by atoms with Gasteiger partial charge in [-0.25, -0.2) is 14.8 Å². The van der Waals surface area contributed by atoms with Crippen molar-refractivity contribution in [3.8, 4) is 0 Å². The lowest BCUT2D eigenvalue weighted by atomic mass is 10.2. The molecule has 0 spiro atoms. The van der Waals surface area contributed by atoms with Crippen LogP contribution in [0.25, 0.3) is 0 Å². The van der Waals surface area contributed by atoms with Gasteiger partial charge in [0, 0.05) is 11.3 Å². The van der Waals surface area contributed by atoms with Gasteiger partial charge in [0.1, 0.15) is 0 Å². The fourth-order valence-electron chi connectivity index (χ4n) is 1.87. The molecule has 0 saturated carbocycles. The number of nitrogens with zero attached hydrogens (tertiary/aromatic N) is 2. The van der Waals surface area contributed by atoms with Crippen LogP contribution in [-0.4, -0.2) is 28.8 Å². The molecule has 0 bridgehead atoms. The second kappa shape index (κ2) is 4.82. The van der Waals surface area contributed by atoms with Gasteiger partial charge in [-0.3, -0.25) is 0 Å². The summed E-state index contributed by atoms with van der Waals surface area (Å²) in [6.45, 7) is 2.18. The fraction of sp³-hybridized carbons (Fsp3) is 0.545. The van der Waals surface area contributed by atoms with Crippen LogP contribution in [0.1, 0.15) is 35.1 Å². The minimum Gasteiger partial charge on any atom is -0.461 e. The van der Waals surface area contributed by atoms with Gasteiger partial charge in [-0.05, 0) is 32.4 Å². The van der Waals surface area contributed by atoms with Crippen molar-refractivity contribution >= 4 is 17.7 Å². The number of carbonyl (C=O) groups is 1. The van der Waals surface area contributed by atoms with E-state index in [2.05, 4.69) is 9.97 Å². The van der Waals surface area contributed by atoms with Gasteiger partial charge in [0.05, 0.1) is 6.61 Å². The van der Waals surface area contributed by atoms with Gasteiger partial charge in [-0.2, -0.15) is 0 Å². The Bertz CT molecular complexity index is 421. The fourth-order valence-corrected chi connectivity index (χ4v) is 2.25. The van der Waals surface area contributed by atoms with Crippen molar-refractivity contribution < 1.29 is 9.53 Å². The second-order valence-electron chi connectivity index (χ2n) is 3.56. The van der Waals surface area contributed by atoms with Gasteiger partial charge in [-0.15, -0.1) is 0 Å². The van der Waals surface area contributed by atoms with Crippen LogP contribution in [0.5, 0.6) is 0 Å². The smallest absolute Gasteiger partial charge is 0.357 e. The molecule has 0 aliphatic heterocycles. The summed E-state index contributed by atoms with van der Waals surface area (Å²) < 4.78 is 5.01. The maximum atomic E-state index is 11.8. The lowest BCUT2D eigenvalue weighted by molar-refractivity contribution is 0.0517. The molecular formula is C11H14N2O2S. The first-order valence-electron chi connectivity index (χ1n) is 5.37. The molecule has 4 nitrogen and oxygen atoms in total. The van der Waals surface area contributed by atoms with Crippen molar-refractivity contribution in [1.29, 1.82) is 0 Å². The molecule has 0 unspecified atom stereocenters. The number of esters is 1. The summed E-state index contributed by atoms with van der Waals surface area (Å²) in [5.41, 5.74) is 2.47. The monoisotopic (exact) mass is 238 g/mol. The van der Waals surface area contributed by atoms with E-state index in [1.807, 2.05) is 6.26 Å². The molecule has 0 N–H and O–H groups in total. The maximum absolute atomic E-state index is 11.8. The van der Waals surface area contributed by atoms with E-state index in [0.717, 1.165) is 30.5 Å². The quantitative estimate of drug-likeness (QED) is 0.457. The molecule has 1 heterocycles. The molecule has 0 amide bonds. The molecule has 0 fully saturated rings. The summed E-state index contributed by atoms with van der Waals surface area (Å²) >= 11 is 1.45. The second-order valence-corrected chi connectivity index (χ2v) is 4.33. The van der Waals surface area contributed by atoms with Gasteiger partial charge in [0.15, 0.2) is 10.9 Å². The third-order valence-corrected chi connectivity index (χ3v) is 3.11. The van der Waals surface area contributed by atoms with E-state index in [-0.39, 0.29) is 5.97 Å². The minimum absolute atomic E-state index is 0.321. The topological polar surface area (TPSA) is 52.1 Å². The Morgan fingerprint density at radius 1 is 1.44 bits per heavy atom. The molecule has 1 aromatic rings. The van der Waals surface area contributed by atoms with Crippen molar-refractivity contribution in [3.05, 3.63) is 17.0 Å². The van der Waals surface area contributed by atoms with Gasteiger partial charge in [0.2, 0.25) is 0 Å². The van der Waals surface area contributed by atoms with E-state index in [4.69, 9.17) is 4.74 Å². The Kier molecular flexibility index (Phi) is 3.43. The first-order chi connectivity index (χ1) is 7.76. The predicted molar refractivity (Wildman–Crippen MR) is 61.8 cm³/mol. The standard InChI is InChI=1S/C11H14N2O2S/c1-3-15-10(14)9-7-5-4-6-8(7)12-11(13-9)16-2/h3-6H2,1-2H3. The SMILES string of the molecule is CCOC(=O)c1nc(SC)nc2c1CCC2. The van der Waals surface area contributed by atoms with Crippen LogP contribution in [0.15, 0.2) is 5.16 Å². The Balaban J connectivity index is 2.42. The number of ether oxygens (including phenoxy) is 1. The van der Waals surface area contributed by atoms with Gasteiger partial charge in [0.25, 0.3) is 0 Å². The highest BCUT2D eigenvalue weighted by atomic mass is 32.2. The number of thioether (sulfide) groups is 1. The molecule has 0 saturated heterocycles. The molecule has 2 rings (SSSR count). The number of hydrogen-bond acceptors (Lipinski definition) is 5. The minimum atomic E-state index is -0.321. The predicted octanol–water partition coefficient (Wildman–Crippen LogP) is 1.86. The van der Waals surface area contributed by atoms with E-state index in [1.165, 1.54) is 11.8 Å². The van der Waals surface area contributed by atoms with Crippen molar-refractivity contribution in [2.75, 3.05) is 12.9 Å². The van der Waals surface area contributed by atoms with Gasteiger partial charge < -0.3 is 4.74 Å². The van der Waals surface area contributed by atoms with E-state index < -0.39 is 0 Å². The highest BCUT2D eigenvalue weighted by Gasteiger charge is 2.23. The average Bonchev–Trinajstić information content (AvgIpc) is 2.75. The van der Waals surface area contributed by atoms with Crippen LogP contribution < -0.4 is 0 Å². The van der Waals surface area contributed by atoms with Gasteiger partial charge >= 0.3 is 5.97 Å². The largest absolute Gasteiger partial charge is 0.461 e. The molecular weight excluding hydrogens is 224 g/mol. The zero-order chi connectivity index (χ0) is 11.5. The molecule has 86 valence electrons. The number of rotatable bonds is 3. The molecule has 16 heavy (non-hydrogen) atoms. The first-order valence-corrected chi connectivity index (χ1v) is 6.59. The number of aryl methyl sites for hydroxylation is 1. The molecule has 1 aliphatic carbocycles. The van der Waals surface area contributed by atoms with Crippen molar-refractivity contribution in [2.24, 2.45) is 0 Å². The summed E-state index contributed by atoms with van der Waals surface area (Å²) in [5, 5.41) is 0.656. The third kappa shape index (κ3) is 2.04. The Morgan fingerprint density at radius 2 is 2.25 bits per heavy atom. The molecule has 0 radical (unpaired) electrons. The number of aromatic nitrogens is 2. The highest BCUT2D eigenvalue weighted by molar-refractivity contribution is 7.98. The normalized spacial score (nSPS) is 13.6. The molecule has 0 aromatic carbocycles. The van der Waals surface area contributed by atoms with E-state index in [0.29, 0.717) is 17.5 Å². The summed E-state index contributed by atoms with van der Waals surface area (Å²) in [7, 11) is 0. The summed E-state index contributed by atoms with van der Waals surface area (Å²) in [6, 6.07) is 0. The van der Waals surface area contributed by atoms with Gasteiger partial charge in [-0.1, -0.05) is 11.8 Å². The van der Waals surface area contributed by atoms with Crippen LogP contribution in [-0.2, 0) is 17.6 Å². The van der Waals surface area contributed by atoms with Crippen LogP contribution in [0.4, 0.5) is 0 Å². The zero-order valence-corrected chi connectivity index (χ0v) is 10.3. The zero-order valence-electron chi connectivity index (χ0n) is 9.45. The van der Waals surface area contributed by atoms with Crippen LogP contribution >= 0.6 is 11.8 Å². The summed E-state index contributed by atoms with van der Waals surface area (Å²) in [4.78, 5) is 20.4. The summed E-state index contributed by atoms with van der Waals surface area (Å²) in [5.74, 6) is -0.321. The Morgan fingerprint density at radius 3 is 2.94 bits per heavy atom. The van der Waals surface area contributed by atoms with Crippen LogP contribution in [0.2, 0.25) is 0 Å². The first kappa shape index (κ1) is 11.4. The van der Waals surface area contributed by atoms with E-state index >= 15 is 0 Å². The maximum Gasteiger partial charge on any atom is 0.357 e. The Hall–Kier alpha value is -1.10. The molecule has 5 heteroatoms. The van der Waals surface area contributed by atoms with Crippen LogP contribution in [0, 0.1) is 0 Å². The van der Waals surface area contributed by atoms with Crippen molar-refractivity contribution in [1.82, 2.24) is 9.97 Å². The average molecular weight is 238 g/mol. The van der Waals surface area contributed by atoms with Crippen LogP contribution in [0.3, 0.4) is 0 Å². The number of hydrogen-bond donors (Lipinski definition) is 0. The van der Waals surface area contributed by atoms with Crippen molar-refractivity contribution in [2.45, 2.75) is 31.3 Å². The number of carbonyl (C=O) groups excluding carboxylic acids is 1.